The van der Waals surface area contributed by atoms with Gasteiger partial charge in [0, 0.05) is 7.05 Å². The van der Waals surface area contributed by atoms with Gasteiger partial charge in [0.1, 0.15) is 0 Å². The molecular weight excluding hydrogens is 185 g/mol. The molecule has 1 radical (unpaired) electrons. The van der Waals surface area contributed by atoms with Crippen molar-refractivity contribution in [1.82, 2.24) is 16.2 Å². The van der Waals surface area contributed by atoms with E-state index in [4.69, 9.17) is 9.68 Å². The molecule has 0 bridgehead atoms. The highest BCUT2D eigenvalue weighted by atomic mass is 16.5. The number of carbonyl (C=O) groups is 1. The van der Waals surface area contributed by atoms with Crippen molar-refractivity contribution < 1.29 is 14.5 Å². The van der Waals surface area contributed by atoms with Crippen molar-refractivity contribution in [3.63, 3.8) is 0 Å². The number of hydrogen-bond donors (Lipinski definition) is 4. The highest BCUT2D eigenvalue weighted by Gasteiger charge is 2.17. The zero-order chi connectivity index (χ0) is 11.0. The van der Waals surface area contributed by atoms with Crippen molar-refractivity contribution in [2.45, 2.75) is 32.5 Å². The Morgan fingerprint density at radius 1 is 1.64 bits per heavy atom. The summed E-state index contributed by atoms with van der Waals surface area (Å²) in [5.41, 5.74) is 5.01. The van der Waals surface area contributed by atoms with E-state index in [-0.39, 0.29) is 11.9 Å². The molecule has 0 heterocycles. The predicted octanol–water partition coefficient (Wildman–Crippen LogP) is -1.51. The molecule has 14 heavy (non-hydrogen) atoms. The Bertz CT molecular complexity index is 170. The summed E-state index contributed by atoms with van der Waals surface area (Å²) in [6.45, 7) is 3.57. The average Bonchev–Trinajstić information content (AvgIpc) is 2.15. The Morgan fingerprint density at radius 3 is 2.71 bits per heavy atom. The quantitative estimate of drug-likeness (QED) is 0.229. The first kappa shape index (κ1) is 13.4. The van der Waals surface area contributed by atoms with Crippen LogP contribution >= 0.6 is 0 Å². The molecule has 0 aromatic rings. The van der Waals surface area contributed by atoms with E-state index in [1.807, 2.05) is 6.92 Å². The number of hydrazine groups is 1. The van der Waals surface area contributed by atoms with E-state index in [0.717, 1.165) is 0 Å². The molecule has 0 spiro atoms. The lowest BCUT2D eigenvalue weighted by molar-refractivity contribution is -0.124. The summed E-state index contributed by atoms with van der Waals surface area (Å²) in [5.74, 6) is -0.164. The first-order chi connectivity index (χ1) is 6.65. The highest BCUT2D eigenvalue weighted by molar-refractivity contribution is 6.15. The van der Waals surface area contributed by atoms with E-state index >= 15 is 0 Å². The van der Waals surface area contributed by atoms with Gasteiger partial charge in [0.15, 0.2) is 0 Å². The van der Waals surface area contributed by atoms with Crippen LogP contribution in [0, 0.1) is 0 Å². The van der Waals surface area contributed by atoms with Gasteiger partial charge >= 0.3 is 7.69 Å². The second-order valence-corrected chi connectivity index (χ2v) is 2.75. The van der Waals surface area contributed by atoms with Crippen molar-refractivity contribution >= 4 is 13.6 Å². The number of nitrogens with one attached hydrogen (secondary N) is 3. The molecule has 0 aliphatic heterocycles. The van der Waals surface area contributed by atoms with Crippen molar-refractivity contribution in [1.29, 1.82) is 0 Å². The van der Waals surface area contributed by atoms with Crippen LogP contribution in [0.4, 0.5) is 0 Å². The van der Waals surface area contributed by atoms with E-state index in [0.29, 0.717) is 14.1 Å². The summed E-state index contributed by atoms with van der Waals surface area (Å²) in [7, 11) is 2.21. The molecule has 2 atom stereocenters. The maximum Gasteiger partial charge on any atom is 0.486 e. The summed E-state index contributed by atoms with van der Waals surface area (Å²) in [6.07, 6.45) is 0.222. The van der Waals surface area contributed by atoms with Crippen LogP contribution in [0.5, 0.6) is 0 Å². The zero-order valence-corrected chi connectivity index (χ0v) is 8.70. The Balaban J connectivity index is 3.94. The van der Waals surface area contributed by atoms with Crippen LogP contribution in [0.25, 0.3) is 0 Å². The predicted molar refractivity (Wildman–Crippen MR) is 52.9 cm³/mol. The van der Waals surface area contributed by atoms with Gasteiger partial charge in [0.25, 0.3) is 5.91 Å². The molecule has 1 unspecified atom stereocenters. The monoisotopic (exact) mass is 202 g/mol. The minimum atomic E-state index is -0.410. The molecule has 0 aliphatic rings. The first-order valence-corrected chi connectivity index (χ1v) is 4.49. The summed E-state index contributed by atoms with van der Waals surface area (Å²) in [4.78, 5) is 11.3. The van der Waals surface area contributed by atoms with Gasteiger partial charge in [-0.25, -0.2) is 5.43 Å². The number of hydrogen-bond acceptors (Lipinski definition) is 5. The number of amides is 1. The molecule has 0 saturated heterocycles. The summed E-state index contributed by atoms with van der Waals surface area (Å²) in [6, 6.07) is -0.350. The first-order valence-electron chi connectivity index (χ1n) is 4.49. The van der Waals surface area contributed by atoms with Gasteiger partial charge in [-0.3, -0.25) is 15.5 Å². The molecule has 0 fully saturated rings. The lowest BCUT2D eigenvalue weighted by Crippen LogP contribution is -2.51. The molecule has 6 nitrogen and oxygen atoms in total. The van der Waals surface area contributed by atoms with E-state index in [9.17, 15) is 4.79 Å². The Kier molecular flexibility index (Phi) is 7.40. The van der Waals surface area contributed by atoms with E-state index in [1.165, 1.54) is 0 Å². The third-order valence-corrected chi connectivity index (χ3v) is 1.67. The molecule has 7 heteroatoms. The van der Waals surface area contributed by atoms with Crippen LogP contribution in [0.3, 0.4) is 0 Å². The van der Waals surface area contributed by atoms with Gasteiger partial charge in [-0.1, -0.05) is 6.92 Å². The van der Waals surface area contributed by atoms with Crippen molar-refractivity contribution in [2.75, 3.05) is 7.05 Å². The fourth-order valence-corrected chi connectivity index (χ4v) is 1.00. The highest BCUT2D eigenvalue weighted by Crippen LogP contribution is 1.94. The smallest absolute Gasteiger partial charge is 0.429 e. The molecule has 0 aromatic heterocycles. The van der Waals surface area contributed by atoms with Gasteiger partial charge < -0.3 is 9.68 Å². The summed E-state index contributed by atoms with van der Waals surface area (Å²) >= 11 is 0. The van der Waals surface area contributed by atoms with Crippen LogP contribution in [0.15, 0.2) is 0 Å². The standard InChI is InChI=1S/C7H17BN3O3/c1-4-6(7(12)11-9-3)10-5(2)14-8-13/h5-6,9-10,13H,4H2,1-3H3,(H,11,12)/t5?,6-/m0/s1. The SMILES string of the molecule is CC[C@H](NC(C)O[B]O)C(=O)NNC. The van der Waals surface area contributed by atoms with E-state index < -0.39 is 6.23 Å². The van der Waals surface area contributed by atoms with Gasteiger partial charge in [-0.2, -0.15) is 0 Å². The van der Waals surface area contributed by atoms with Gasteiger partial charge in [0.2, 0.25) is 0 Å². The minimum Gasteiger partial charge on any atom is -0.429 e. The fraction of sp³-hybridized carbons (Fsp3) is 0.857. The van der Waals surface area contributed by atoms with Crippen LogP contribution in [-0.4, -0.2) is 37.9 Å². The molecular formula is C7H17BN3O3. The molecule has 4 N–H and O–H groups in total. The maximum atomic E-state index is 11.3. The second kappa shape index (κ2) is 7.75. The molecule has 0 aromatic carbocycles. The lowest BCUT2D eigenvalue weighted by atomic mass is 10.2. The molecule has 0 rings (SSSR count). The fourth-order valence-electron chi connectivity index (χ4n) is 1.00. The Morgan fingerprint density at radius 2 is 2.29 bits per heavy atom. The third kappa shape index (κ3) is 5.18. The third-order valence-electron chi connectivity index (χ3n) is 1.67. The summed E-state index contributed by atoms with van der Waals surface area (Å²) in [5, 5.41) is 11.3. The largest absolute Gasteiger partial charge is 0.486 e. The lowest BCUT2D eigenvalue weighted by Gasteiger charge is -2.20. The van der Waals surface area contributed by atoms with E-state index in [2.05, 4.69) is 16.2 Å². The molecule has 81 valence electrons. The zero-order valence-electron chi connectivity index (χ0n) is 8.70. The Labute approximate surface area is 84.7 Å². The van der Waals surface area contributed by atoms with Crippen LogP contribution in [0.1, 0.15) is 20.3 Å². The van der Waals surface area contributed by atoms with Gasteiger partial charge in [-0.05, 0) is 13.3 Å². The van der Waals surface area contributed by atoms with Crippen molar-refractivity contribution in [3.8, 4) is 0 Å². The van der Waals surface area contributed by atoms with Crippen molar-refractivity contribution in [2.24, 2.45) is 0 Å². The molecule has 0 aliphatic carbocycles. The van der Waals surface area contributed by atoms with E-state index in [1.54, 1.807) is 14.0 Å². The normalized spacial score (nSPS) is 14.6. The number of carbonyl (C=O) groups excluding carboxylic acids is 1. The summed E-state index contributed by atoms with van der Waals surface area (Å²) < 4.78 is 4.72. The van der Waals surface area contributed by atoms with Crippen molar-refractivity contribution in [3.05, 3.63) is 0 Å². The van der Waals surface area contributed by atoms with Gasteiger partial charge in [0.05, 0.1) is 12.3 Å². The second-order valence-electron chi connectivity index (χ2n) is 2.75. The van der Waals surface area contributed by atoms with Crippen LogP contribution in [-0.2, 0) is 9.45 Å². The van der Waals surface area contributed by atoms with Crippen LogP contribution in [0.2, 0.25) is 0 Å². The molecule has 1 amide bonds. The van der Waals surface area contributed by atoms with Crippen LogP contribution < -0.4 is 16.2 Å². The average molecular weight is 202 g/mol. The topological polar surface area (TPSA) is 82.6 Å². The maximum absolute atomic E-state index is 11.3. The van der Waals surface area contributed by atoms with Gasteiger partial charge in [-0.15, -0.1) is 0 Å². The minimum absolute atomic E-state index is 0.164. The number of rotatable bonds is 7. The Hall–Kier alpha value is -0.625. The molecule has 0 saturated carbocycles.